The average molecular weight is 386 g/mol. The van der Waals surface area contributed by atoms with Crippen LogP contribution in [0.25, 0.3) is 6.08 Å². The first-order valence-electron chi connectivity index (χ1n) is 8.02. The Bertz CT molecular complexity index is 921. The molecule has 0 N–H and O–H groups in total. The van der Waals surface area contributed by atoms with Crippen LogP contribution in [0.4, 0.5) is 5.69 Å². The van der Waals surface area contributed by atoms with Gasteiger partial charge in [0, 0.05) is 5.56 Å². The van der Waals surface area contributed by atoms with Gasteiger partial charge in [-0.1, -0.05) is 36.1 Å². The van der Waals surface area contributed by atoms with E-state index in [-0.39, 0.29) is 5.91 Å². The zero-order valence-electron chi connectivity index (χ0n) is 15.0. The van der Waals surface area contributed by atoms with Gasteiger partial charge < -0.3 is 9.47 Å². The van der Waals surface area contributed by atoms with Crippen molar-refractivity contribution in [2.45, 2.75) is 13.8 Å². The predicted octanol–water partition coefficient (Wildman–Crippen LogP) is 4.73. The van der Waals surface area contributed by atoms with Gasteiger partial charge in [0.2, 0.25) is 0 Å². The Morgan fingerprint density at radius 1 is 1.12 bits per heavy atom. The number of hydrogen-bond donors (Lipinski definition) is 0. The molecule has 2 aromatic carbocycles. The van der Waals surface area contributed by atoms with Crippen LogP contribution in [-0.4, -0.2) is 24.4 Å². The summed E-state index contributed by atoms with van der Waals surface area (Å²) in [5.74, 6) is 1.24. The molecule has 3 rings (SSSR count). The molecule has 1 heterocycles. The van der Waals surface area contributed by atoms with Crippen LogP contribution in [0, 0.1) is 13.8 Å². The second kappa shape index (κ2) is 7.51. The lowest BCUT2D eigenvalue weighted by molar-refractivity contribution is -0.113. The summed E-state index contributed by atoms with van der Waals surface area (Å²) < 4.78 is 11.2. The number of carbonyl (C=O) groups is 1. The van der Waals surface area contributed by atoms with Crippen molar-refractivity contribution in [3.05, 3.63) is 58.0 Å². The molecule has 1 fully saturated rings. The van der Waals surface area contributed by atoms with Gasteiger partial charge in [-0.2, -0.15) is 0 Å². The fourth-order valence-corrected chi connectivity index (χ4v) is 4.02. The number of benzene rings is 2. The Labute approximate surface area is 162 Å². The van der Waals surface area contributed by atoms with Crippen molar-refractivity contribution in [3.63, 3.8) is 0 Å². The number of thiocarbonyl (C=S) groups is 1. The summed E-state index contributed by atoms with van der Waals surface area (Å²) in [6, 6.07) is 11.3. The molecule has 0 saturated carbocycles. The molecule has 1 saturated heterocycles. The highest BCUT2D eigenvalue weighted by Crippen LogP contribution is 2.39. The molecule has 0 aliphatic carbocycles. The van der Waals surface area contributed by atoms with Crippen LogP contribution in [-0.2, 0) is 4.79 Å². The fraction of sp³-hybridized carbons (Fsp3) is 0.200. The third kappa shape index (κ3) is 3.34. The number of rotatable bonds is 4. The van der Waals surface area contributed by atoms with Gasteiger partial charge >= 0.3 is 0 Å². The highest BCUT2D eigenvalue weighted by atomic mass is 32.2. The SMILES string of the molecule is COc1ccc(OC)c(/C=C2/SC(=S)N(c3cccc(C)c3C)C2=O)c1. The van der Waals surface area contributed by atoms with Crippen LogP contribution >= 0.6 is 24.0 Å². The van der Waals surface area contributed by atoms with Gasteiger partial charge in [0.05, 0.1) is 24.8 Å². The molecule has 26 heavy (non-hydrogen) atoms. The highest BCUT2D eigenvalue weighted by Gasteiger charge is 2.34. The van der Waals surface area contributed by atoms with Gasteiger partial charge in [-0.15, -0.1) is 0 Å². The summed E-state index contributed by atoms with van der Waals surface area (Å²) in [5.41, 5.74) is 3.76. The minimum Gasteiger partial charge on any atom is -0.497 e. The summed E-state index contributed by atoms with van der Waals surface area (Å²) in [6.07, 6.45) is 1.80. The normalized spacial score (nSPS) is 15.7. The molecule has 0 spiro atoms. The van der Waals surface area contributed by atoms with E-state index in [2.05, 4.69) is 0 Å². The Morgan fingerprint density at radius 3 is 2.58 bits per heavy atom. The van der Waals surface area contributed by atoms with Crippen molar-refractivity contribution >= 4 is 46.0 Å². The molecule has 0 bridgehead atoms. The molecular weight excluding hydrogens is 366 g/mol. The first-order valence-corrected chi connectivity index (χ1v) is 9.25. The molecular formula is C20H19NO3S2. The summed E-state index contributed by atoms with van der Waals surface area (Å²) in [5, 5.41) is 0. The van der Waals surface area contributed by atoms with E-state index in [1.165, 1.54) is 11.8 Å². The van der Waals surface area contributed by atoms with Crippen LogP contribution in [0.1, 0.15) is 16.7 Å². The monoisotopic (exact) mass is 385 g/mol. The highest BCUT2D eigenvalue weighted by molar-refractivity contribution is 8.27. The fourth-order valence-electron chi connectivity index (χ4n) is 2.75. The number of carbonyl (C=O) groups excluding carboxylic acids is 1. The van der Waals surface area contributed by atoms with E-state index in [0.29, 0.717) is 20.7 Å². The number of methoxy groups -OCH3 is 2. The van der Waals surface area contributed by atoms with E-state index in [1.54, 1.807) is 25.2 Å². The number of nitrogens with zero attached hydrogens (tertiary/aromatic N) is 1. The smallest absolute Gasteiger partial charge is 0.270 e. The van der Waals surface area contributed by atoms with Gasteiger partial charge in [-0.05, 0) is 55.3 Å². The molecule has 134 valence electrons. The van der Waals surface area contributed by atoms with Gasteiger partial charge in [-0.3, -0.25) is 9.69 Å². The average Bonchev–Trinajstić information content (AvgIpc) is 2.91. The van der Waals surface area contributed by atoms with Crippen LogP contribution in [0.3, 0.4) is 0 Å². The lowest BCUT2D eigenvalue weighted by Crippen LogP contribution is -2.28. The molecule has 6 heteroatoms. The van der Waals surface area contributed by atoms with Gasteiger partial charge in [0.15, 0.2) is 4.32 Å². The van der Waals surface area contributed by atoms with Crippen LogP contribution < -0.4 is 14.4 Å². The van der Waals surface area contributed by atoms with Crippen molar-refractivity contribution < 1.29 is 14.3 Å². The topological polar surface area (TPSA) is 38.8 Å². The van der Waals surface area contributed by atoms with Gasteiger partial charge in [0.1, 0.15) is 11.5 Å². The lowest BCUT2D eigenvalue weighted by atomic mass is 10.1. The quantitative estimate of drug-likeness (QED) is 0.562. The Balaban J connectivity index is 2.02. The van der Waals surface area contributed by atoms with E-state index < -0.39 is 0 Å². The largest absolute Gasteiger partial charge is 0.497 e. The maximum absolute atomic E-state index is 13.0. The predicted molar refractivity (Wildman–Crippen MR) is 111 cm³/mol. The van der Waals surface area contributed by atoms with Crippen molar-refractivity contribution in [2.24, 2.45) is 0 Å². The summed E-state index contributed by atoms with van der Waals surface area (Å²) in [4.78, 5) is 15.2. The van der Waals surface area contributed by atoms with E-state index in [1.807, 2.05) is 50.2 Å². The molecule has 0 atom stereocenters. The zero-order valence-corrected chi connectivity index (χ0v) is 16.7. The maximum Gasteiger partial charge on any atom is 0.270 e. The van der Waals surface area contributed by atoms with Crippen LogP contribution in [0.2, 0.25) is 0 Å². The molecule has 0 unspecified atom stereocenters. The van der Waals surface area contributed by atoms with Crippen molar-refractivity contribution in [1.82, 2.24) is 0 Å². The van der Waals surface area contributed by atoms with Gasteiger partial charge in [-0.25, -0.2) is 0 Å². The number of thioether (sulfide) groups is 1. The van der Waals surface area contributed by atoms with E-state index in [4.69, 9.17) is 21.7 Å². The first kappa shape index (κ1) is 18.5. The van der Waals surface area contributed by atoms with Crippen molar-refractivity contribution in [2.75, 3.05) is 19.1 Å². The summed E-state index contributed by atoms with van der Waals surface area (Å²) in [7, 11) is 3.20. The van der Waals surface area contributed by atoms with E-state index >= 15 is 0 Å². The molecule has 0 aromatic heterocycles. The molecule has 2 aromatic rings. The van der Waals surface area contributed by atoms with Crippen LogP contribution in [0.5, 0.6) is 11.5 Å². The van der Waals surface area contributed by atoms with E-state index in [0.717, 1.165) is 22.4 Å². The van der Waals surface area contributed by atoms with E-state index in [9.17, 15) is 4.79 Å². The number of ether oxygens (including phenoxy) is 2. The number of amides is 1. The van der Waals surface area contributed by atoms with Gasteiger partial charge in [0.25, 0.3) is 5.91 Å². The Morgan fingerprint density at radius 2 is 1.88 bits per heavy atom. The summed E-state index contributed by atoms with van der Waals surface area (Å²) >= 11 is 6.77. The number of hydrogen-bond acceptors (Lipinski definition) is 5. The molecule has 1 amide bonds. The number of anilines is 1. The third-order valence-electron chi connectivity index (χ3n) is 4.33. The Kier molecular flexibility index (Phi) is 5.34. The minimum atomic E-state index is -0.126. The second-order valence-electron chi connectivity index (χ2n) is 5.84. The molecule has 1 aliphatic heterocycles. The maximum atomic E-state index is 13.0. The first-order chi connectivity index (χ1) is 12.5. The van der Waals surface area contributed by atoms with Crippen molar-refractivity contribution in [1.29, 1.82) is 0 Å². The molecule has 1 aliphatic rings. The summed E-state index contributed by atoms with van der Waals surface area (Å²) in [6.45, 7) is 4.02. The van der Waals surface area contributed by atoms with Crippen molar-refractivity contribution in [3.8, 4) is 11.5 Å². The zero-order chi connectivity index (χ0) is 18.8. The second-order valence-corrected chi connectivity index (χ2v) is 7.52. The van der Waals surface area contributed by atoms with Crippen LogP contribution in [0.15, 0.2) is 41.3 Å². The molecule has 0 radical (unpaired) electrons. The molecule has 4 nitrogen and oxygen atoms in total. The minimum absolute atomic E-state index is 0.126. The third-order valence-corrected chi connectivity index (χ3v) is 5.64. The number of aryl methyl sites for hydroxylation is 1. The Hall–Kier alpha value is -2.31. The standard InChI is InChI=1S/C20H19NO3S2/c1-12-6-5-7-16(13(12)2)21-19(22)18(26-20(21)25)11-14-10-15(23-3)8-9-17(14)24-4/h5-11H,1-4H3/b18-11+. The lowest BCUT2D eigenvalue weighted by Gasteiger charge is -2.18.